The number of nitrogens with one attached hydrogen (secondary N) is 1. The number of methoxy groups -OCH3 is 2. The maximum atomic E-state index is 14.3. The van der Waals surface area contributed by atoms with Crippen molar-refractivity contribution in [1.82, 2.24) is 25.2 Å². The van der Waals surface area contributed by atoms with E-state index in [1.165, 1.54) is 7.11 Å². The van der Waals surface area contributed by atoms with Gasteiger partial charge in [0.1, 0.15) is 18.1 Å². The van der Waals surface area contributed by atoms with E-state index in [1.807, 2.05) is 82.3 Å². The lowest BCUT2D eigenvalue weighted by atomic mass is 9.97. The fraction of sp³-hybridized carbons (Fsp3) is 0.375. The monoisotopic (exact) mass is 557 g/mol. The molecule has 9 nitrogen and oxygen atoms in total. The van der Waals surface area contributed by atoms with Crippen LogP contribution in [0.1, 0.15) is 49.9 Å². The third kappa shape index (κ3) is 6.67. The first-order chi connectivity index (χ1) is 19.7. The Morgan fingerprint density at radius 2 is 1.73 bits per heavy atom. The molecule has 2 amide bonds. The molecule has 0 aliphatic rings. The van der Waals surface area contributed by atoms with Crippen LogP contribution in [0.4, 0.5) is 0 Å². The van der Waals surface area contributed by atoms with Gasteiger partial charge in [0, 0.05) is 17.6 Å². The molecule has 0 saturated carbocycles. The smallest absolute Gasteiger partial charge is 0.248 e. The normalized spacial score (nSPS) is 12.1. The number of ether oxygens (including phenoxy) is 2. The van der Waals surface area contributed by atoms with Gasteiger partial charge >= 0.3 is 0 Å². The van der Waals surface area contributed by atoms with E-state index < -0.39 is 11.6 Å². The van der Waals surface area contributed by atoms with Crippen molar-refractivity contribution in [2.24, 2.45) is 0 Å². The van der Waals surface area contributed by atoms with Crippen molar-refractivity contribution in [2.75, 3.05) is 20.8 Å². The van der Waals surface area contributed by atoms with Gasteiger partial charge in [-0.25, -0.2) is 4.68 Å². The Morgan fingerprint density at radius 3 is 2.44 bits per heavy atom. The number of nitrogens with zero attached hydrogens (tertiary/aromatic N) is 4. The van der Waals surface area contributed by atoms with Gasteiger partial charge in [0.25, 0.3) is 0 Å². The average molecular weight is 558 g/mol. The zero-order valence-corrected chi connectivity index (χ0v) is 24.7. The molecule has 0 radical (unpaired) electrons. The van der Waals surface area contributed by atoms with Crippen LogP contribution in [-0.4, -0.2) is 58.0 Å². The van der Waals surface area contributed by atoms with Crippen LogP contribution in [0.15, 0.2) is 66.7 Å². The quantitative estimate of drug-likeness (QED) is 0.267. The molecule has 1 N–H and O–H groups in total. The largest absolute Gasteiger partial charge is 0.493 e. The summed E-state index contributed by atoms with van der Waals surface area (Å²) in [5.74, 6) is 0.314. The molecule has 0 saturated heterocycles. The second-order valence-corrected chi connectivity index (χ2v) is 10.7. The van der Waals surface area contributed by atoms with E-state index in [2.05, 4.69) is 15.6 Å². The van der Waals surface area contributed by atoms with Crippen LogP contribution in [0, 0.1) is 6.92 Å². The van der Waals surface area contributed by atoms with Crippen LogP contribution in [-0.2, 0) is 22.6 Å². The van der Waals surface area contributed by atoms with Gasteiger partial charge in [0.2, 0.25) is 11.8 Å². The lowest BCUT2D eigenvalue weighted by Crippen LogP contribution is -2.51. The Bertz CT molecular complexity index is 1510. The summed E-state index contributed by atoms with van der Waals surface area (Å²) in [5, 5.41) is 11.6. The minimum atomic E-state index is -0.989. The predicted octanol–water partition coefficient (Wildman–Crippen LogP) is 4.87. The minimum absolute atomic E-state index is 0.0818. The van der Waals surface area contributed by atoms with E-state index >= 15 is 0 Å². The summed E-state index contributed by atoms with van der Waals surface area (Å²) < 4.78 is 12.9. The second kappa shape index (κ2) is 12.8. The Hall–Kier alpha value is -4.40. The first kappa shape index (κ1) is 29.6. The SMILES string of the molecule is CCC(C)(C)NC(=O)[C@@H](c1cccc(OC)c1OC)N(CCc1ccccc1C)C(=O)Cn1nnc2ccccc21. The number of carbonyl (C=O) groups is 2. The van der Waals surface area contributed by atoms with Crippen molar-refractivity contribution in [1.29, 1.82) is 0 Å². The van der Waals surface area contributed by atoms with E-state index in [0.717, 1.165) is 16.6 Å². The predicted molar refractivity (Wildman–Crippen MR) is 159 cm³/mol. The molecule has 0 aliphatic carbocycles. The van der Waals surface area contributed by atoms with Crippen LogP contribution in [0.3, 0.4) is 0 Å². The van der Waals surface area contributed by atoms with E-state index in [-0.39, 0.29) is 18.4 Å². The molecule has 0 spiro atoms. The zero-order chi connectivity index (χ0) is 29.6. The van der Waals surface area contributed by atoms with Crippen LogP contribution in [0.5, 0.6) is 11.5 Å². The number of rotatable bonds is 12. The van der Waals surface area contributed by atoms with Gasteiger partial charge in [0.15, 0.2) is 11.5 Å². The number of amides is 2. The number of carbonyl (C=O) groups excluding carboxylic acids is 2. The number of aromatic nitrogens is 3. The molecule has 9 heteroatoms. The highest BCUT2D eigenvalue weighted by atomic mass is 16.5. The Balaban J connectivity index is 1.82. The third-order valence-corrected chi connectivity index (χ3v) is 7.54. The fourth-order valence-electron chi connectivity index (χ4n) is 4.85. The summed E-state index contributed by atoms with van der Waals surface area (Å²) >= 11 is 0. The standard InChI is InChI=1S/C32H39N5O4/c1-7-32(3,4)33-31(39)29(24-15-12-18-27(40-5)30(24)41-6)36(20-19-23-14-9-8-13-22(23)2)28(38)21-37-26-17-11-10-16-25(26)34-35-37/h8-18,29H,7,19-21H2,1-6H3,(H,33,39)/t29-/m1/s1. The summed E-state index contributed by atoms with van der Waals surface area (Å²) in [6.07, 6.45) is 1.27. The number of benzene rings is 3. The van der Waals surface area contributed by atoms with Crippen molar-refractivity contribution in [3.63, 3.8) is 0 Å². The van der Waals surface area contributed by atoms with Crippen molar-refractivity contribution >= 4 is 22.8 Å². The molecular formula is C32H39N5O4. The lowest BCUT2D eigenvalue weighted by Gasteiger charge is -2.35. The third-order valence-electron chi connectivity index (χ3n) is 7.54. The Labute approximate surface area is 241 Å². The molecular weight excluding hydrogens is 518 g/mol. The van der Waals surface area contributed by atoms with E-state index in [1.54, 1.807) is 28.8 Å². The number of hydrogen-bond acceptors (Lipinski definition) is 6. The maximum absolute atomic E-state index is 14.3. The van der Waals surface area contributed by atoms with Gasteiger partial charge in [-0.1, -0.05) is 60.7 Å². The van der Waals surface area contributed by atoms with Crippen LogP contribution >= 0.6 is 0 Å². The summed E-state index contributed by atoms with van der Waals surface area (Å²) in [6, 6.07) is 19.9. The lowest BCUT2D eigenvalue weighted by molar-refractivity contribution is -0.142. The Kier molecular flexibility index (Phi) is 9.27. The first-order valence-corrected chi connectivity index (χ1v) is 13.8. The zero-order valence-electron chi connectivity index (χ0n) is 24.7. The molecule has 1 aromatic heterocycles. The molecule has 4 rings (SSSR count). The molecule has 0 fully saturated rings. The molecule has 4 aromatic rings. The average Bonchev–Trinajstić information content (AvgIpc) is 3.37. The van der Waals surface area contributed by atoms with E-state index in [0.29, 0.717) is 42.0 Å². The number of hydrogen-bond donors (Lipinski definition) is 1. The van der Waals surface area contributed by atoms with Crippen molar-refractivity contribution in [2.45, 2.75) is 58.7 Å². The highest BCUT2D eigenvalue weighted by Gasteiger charge is 2.36. The van der Waals surface area contributed by atoms with Gasteiger partial charge in [0.05, 0.1) is 19.7 Å². The van der Waals surface area contributed by atoms with E-state index in [9.17, 15) is 9.59 Å². The minimum Gasteiger partial charge on any atom is -0.493 e. The number of aryl methyl sites for hydroxylation is 1. The van der Waals surface area contributed by atoms with Gasteiger partial charge in [-0.3, -0.25) is 9.59 Å². The summed E-state index contributed by atoms with van der Waals surface area (Å²) in [5.41, 5.74) is 3.70. The second-order valence-electron chi connectivity index (χ2n) is 10.7. The number of fused-ring (bicyclic) bond motifs is 1. The summed E-state index contributed by atoms with van der Waals surface area (Å²) in [4.78, 5) is 30.1. The molecule has 0 unspecified atom stereocenters. The molecule has 3 aromatic carbocycles. The molecule has 1 atom stereocenters. The van der Waals surface area contributed by atoms with Gasteiger partial charge in [-0.15, -0.1) is 5.10 Å². The van der Waals surface area contributed by atoms with Crippen molar-refractivity contribution in [3.8, 4) is 11.5 Å². The molecule has 0 aliphatic heterocycles. The van der Waals surface area contributed by atoms with Crippen molar-refractivity contribution < 1.29 is 19.1 Å². The van der Waals surface area contributed by atoms with E-state index in [4.69, 9.17) is 9.47 Å². The maximum Gasteiger partial charge on any atom is 0.248 e. The molecule has 1 heterocycles. The number of para-hydroxylation sites is 2. The van der Waals surface area contributed by atoms with Crippen molar-refractivity contribution in [3.05, 3.63) is 83.4 Å². The summed E-state index contributed by atoms with van der Waals surface area (Å²) in [7, 11) is 3.08. The Morgan fingerprint density at radius 1 is 1.00 bits per heavy atom. The highest BCUT2D eigenvalue weighted by molar-refractivity contribution is 5.90. The van der Waals surface area contributed by atoms with Crippen LogP contribution in [0.25, 0.3) is 11.0 Å². The molecule has 216 valence electrons. The topological polar surface area (TPSA) is 98.6 Å². The van der Waals surface area contributed by atoms with Crippen LogP contribution in [0.2, 0.25) is 0 Å². The van der Waals surface area contributed by atoms with Crippen LogP contribution < -0.4 is 14.8 Å². The first-order valence-electron chi connectivity index (χ1n) is 13.8. The van der Waals surface area contributed by atoms with Gasteiger partial charge in [-0.2, -0.15) is 0 Å². The van der Waals surface area contributed by atoms with Gasteiger partial charge in [-0.05, 0) is 62.9 Å². The highest BCUT2D eigenvalue weighted by Crippen LogP contribution is 2.38. The molecule has 41 heavy (non-hydrogen) atoms. The van der Waals surface area contributed by atoms with Gasteiger partial charge < -0.3 is 19.7 Å². The fourth-order valence-corrected chi connectivity index (χ4v) is 4.85. The summed E-state index contributed by atoms with van der Waals surface area (Å²) in [6.45, 7) is 8.20. The molecule has 0 bridgehead atoms.